The van der Waals surface area contributed by atoms with Gasteiger partial charge in [-0.25, -0.2) is 18.1 Å². The van der Waals surface area contributed by atoms with Crippen molar-refractivity contribution in [3.8, 4) is 5.75 Å². The molecular formula is C22H29F2N4O8P. The Labute approximate surface area is 211 Å². The number of hydrogen-bond donors (Lipinski definition) is 3. The zero-order valence-electron chi connectivity index (χ0n) is 20.5. The molecule has 1 fully saturated rings. The minimum absolute atomic E-state index is 0.0382. The third-order valence-corrected chi connectivity index (χ3v) is 6.92. The molecular weight excluding hydrogens is 517 g/mol. The third-order valence-electron chi connectivity index (χ3n) is 5.29. The van der Waals surface area contributed by atoms with E-state index in [1.165, 1.54) is 19.1 Å². The van der Waals surface area contributed by atoms with Crippen molar-refractivity contribution in [2.45, 2.75) is 63.7 Å². The van der Waals surface area contributed by atoms with Crippen molar-refractivity contribution in [1.82, 2.24) is 14.6 Å². The highest BCUT2D eigenvalue weighted by atomic mass is 31.2. The molecule has 0 saturated carbocycles. The predicted molar refractivity (Wildman–Crippen MR) is 127 cm³/mol. The molecule has 0 amide bonds. The molecule has 2 aromatic rings. The van der Waals surface area contributed by atoms with Crippen LogP contribution in [0.2, 0.25) is 0 Å². The number of nitrogens with one attached hydrogen (secondary N) is 1. The van der Waals surface area contributed by atoms with Crippen molar-refractivity contribution < 1.29 is 41.8 Å². The van der Waals surface area contributed by atoms with Crippen molar-refractivity contribution in [2.75, 3.05) is 12.3 Å². The van der Waals surface area contributed by atoms with Crippen LogP contribution in [0.25, 0.3) is 0 Å². The van der Waals surface area contributed by atoms with Crippen LogP contribution in [0.5, 0.6) is 5.75 Å². The zero-order chi connectivity index (χ0) is 27.6. The van der Waals surface area contributed by atoms with E-state index >= 15 is 8.78 Å². The lowest BCUT2D eigenvalue weighted by Crippen LogP contribution is -2.47. The minimum Gasteiger partial charge on any atom is -0.462 e. The van der Waals surface area contributed by atoms with Crippen molar-refractivity contribution in [1.29, 1.82) is 0 Å². The van der Waals surface area contributed by atoms with Crippen molar-refractivity contribution in [3.05, 3.63) is 53.1 Å². The number of nitrogens with zero attached hydrogens (tertiary/aromatic N) is 2. The van der Waals surface area contributed by atoms with E-state index in [0.717, 1.165) is 19.2 Å². The number of aliphatic hydroxyl groups is 1. The molecule has 0 aliphatic carbocycles. The number of hydrogen-bond acceptors (Lipinski definition) is 10. The maximum atomic E-state index is 15.8. The second-order valence-corrected chi connectivity index (χ2v) is 10.6. The van der Waals surface area contributed by atoms with E-state index in [0.29, 0.717) is 4.57 Å². The number of halogens is 2. The van der Waals surface area contributed by atoms with Gasteiger partial charge in [-0.05, 0) is 45.9 Å². The minimum atomic E-state index is -4.57. The number of anilines is 1. The summed E-state index contributed by atoms with van der Waals surface area (Å²) in [4.78, 5) is 27.9. The number of esters is 1. The van der Waals surface area contributed by atoms with Gasteiger partial charge in [0.25, 0.3) is 5.85 Å². The molecule has 2 heterocycles. The first-order chi connectivity index (χ1) is 17.2. The van der Waals surface area contributed by atoms with Crippen LogP contribution in [0.15, 0.2) is 47.4 Å². The first kappa shape index (κ1) is 28.7. The van der Waals surface area contributed by atoms with Gasteiger partial charge in [-0.3, -0.25) is 13.9 Å². The van der Waals surface area contributed by atoms with Gasteiger partial charge in [0.2, 0.25) is 0 Å². The van der Waals surface area contributed by atoms with Gasteiger partial charge in [0.1, 0.15) is 24.2 Å². The van der Waals surface area contributed by atoms with E-state index in [4.69, 9.17) is 24.3 Å². The lowest BCUT2D eigenvalue weighted by Gasteiger charge is -2.28. The molecule has 0 spiro atoms. The van der Waals surface area contributed by atoms with E-state index in [2.05, 4.69) is 10.1 Å². The fourth-order valence-electron chi connectivity index (χ4n) is 3.48. The highest BCUT2D eigenvalue weighted by Gasteiger charge is 2.65. The average Bonchev–Trinajstić information content (AvgIpc) is 2.98. The van der Waals surface area contributed by atoms with Gasteiger partial charge in [-0.2, -0.15) is 10.1 Å². The van der Waals surface area contributed by atoms with Gasteiger partial charge in [0.15, 0.2) is 18.0 Å². The van der Waals surface area contributed by atoms with E-state index < -0.39 is 62.0 Å². The first-order valence-corrected chi connectivity index (χ1v) is 12.8. The van der Waals surface area contributed by atoms with Gasteiger partial charge in [0.05, 0.1) is 6.10 Å². The number of carbonyl (C=O) groups is 1. The maximum absolute atomic E-state index is 15.8. The summed E-state index contributed by atoms with van der Waals surface area (Å²) in [5, 5.41) is 12.8. The van der Waals surface area contributed by atoms with Gasteiger partial charge in [-0.1, -0.05) is 18.2 Å². The maximum Gasteiger partial charge on any atom is 0.459 e. The highest BCUT2D eigenvalue weighted by Crippen LogP contribution is 2.51. The van der Waals surface area contributed by atoms with Crippen LogP contribution in [-0.2, 0) is 23.4 Å². The van der Waals surface area contributed by atoms with Crippen LogP contribution >= 0.6 is 7.75 Å². The number of ether oxygens (including phenoxy) is 2. The lowest BCUT2D eigenvalue weighted by atomic mass is 9.97. The lowest BCUT2D eigenvalue weighted by molar-refractivity contribution is -0.203. The molecule has 0 radical (unpaired) electrons. The number of benzene rings is 1. The molecule has 1 unspecified atom stereocenters. The molecule has 15 heteroatoms. The SMILES string of the molecule is CC(C)OC(=O)[C@H](C)N[P@](=O)(OC[C@@]1(F)OC(n2ccc(N)nc2=O)[C@](C)(F)[C@@H]1O)Oc1ccccc1. The molecule has 204 valence electrons. The van der Waals surface area contributed by atoms with Gasteiger partial charge < -0.3 is 24.8 Å². The van der Waals surface area contributed by atoms with Crippen molar-refractivity contribution >= 4 is 19.5 Å². The smallest absolute Gasteiger partial charge is 0.459 e. The number of carbonyl (C=O) groups excluding carboxylic acids is 1. The van der Waals surface area contributed by atoms with E-state index in [1.54, 1.807) is 32.0 Å². The summed E-state index contributed by atoms with van der Waals surface area (Å²) >= 11 is 0. The Morgan fingerprint density at radius 3 is 2.54 bits per heavy atom. The van der Waals surface area contributed by atoms with E-state index in [1.807, 2.05) is 0 Å². The number of rotatable bonds is 10. The fraction of sp³-hybridized carbons (Fsp3) is 0.500. The summed E-state index contributed by atoms with van der Waals surface area (Å²) in [6.45, 7) is 4.04. The third kappa shape index (κ3) is 6.51. The Kier molecular flexibility index (Phi) is 8.40. The van der Waals surface area contributed by atoms with E-state index in [9.17, 15) is 19.3 Å². The predicted octanol–water partition coefficient (Wildman–Crippen LogP) is 2.24. The summed E-state index contributed by atoms with van der Waals surface area (Å²) in [6, 6.07) is 7.56. The number of para-hydroxylation sites is 1. The van der Waals surface area contributed by atoms with Crippen LogP contribution < -0.4 is 21.0 Å². The first-order valence-electron chi connectivity index (χ1n) is 11.2. The molecule has 1 aromatic heterocycles. The van der Waals surface area contributed by atoms with Crippen LogP contribution in [0.4, 0.5) is 14.6 Å². The number of nitrogen functional groups attached to an aromatic ring is 1. The van der Waals surface area contributed by atoms with Crippen LogP contribution in [0, 0.1) is 0 Å². The Morgan fingerprint density at radius 2 is 1.95 bits per heavy atom. The van der Waals surface area contributed by atoms with Gasteiger partial charge in [0, 0.05) is 6.20 Å². The molecule has 0 bridgehead atoms. The fourth-order valence-corrected chi connectivity index (χ4v) is 4.98. The molecule has 12 nitrogen and oxygen atoms in total. The number of alkyl halides is 2. The Hall–Kier alpha value is -2.90. The molecule has 4 N–H and O–H groups in total. The summed E-state index contributed by atoms with van der Waals surface area (Å²) in [7, 11) is -4.57. The summed E-state index contributed by atoms with van der Waals surface area (Å²) in [5.41, 5.74) is 1.53. The van der Waals surface area contributed by atoms with Crippen LogP contribution in [0.1, 0.15) is 33.9 Å². The Morgan fingerprint density at radius 1 is 1.30 bits per heavy atom. The zero-order valence-corrected chi connectivity index (χ0v) is 21.4. The number of aromatic nitrogens is 2. The molecule has 3 rings (SSSR count). The van der Waals surface area contributed by atoms with E-state index in [-0.39, 0.29) is 11.6 Å². The van der Waals surface area contributed by atoms with Gasteiger partial charge >= 0.3 is 19.4 Å². The normalized spacial score (nSPS) is 28.0. The van der Waals surface area contributed by atoms with Crippen molar-refractivity contribution in [2.24, 2.45) is 0 Å². The Bertz CT molecular complexity index is 1210. The van der Waals surface area contributed by atoms with Gasteiger partial charge in [-0.15, -0.1) is 0 Å². The second-order valence-electron chi connectivity index (χ2n) is 8.86. The second kappa shape index (κ2) is 10.8. The average molecular weight is 546 g/mol. The monoisotopic (exact) mass is 546 g/mol. The molecule has 1 aliphatic heterocycles. The molecule has 1 aliphatic rings. The van der Waals surface area contributed by atoms with Crippen LogP contribution in [-0.4, -0.2) is 57.0 Å². The molecule has 6 atom stereocenters. The summed E-state index contributed by atoms with van der Waals surface area (Å²) in [6.07, 6.45) is -3.92. The number of nitrogens with two attached hydrogens (primary N) is 1. The van der Waals surface area contributed by atoms with Crippen LogP contribution in [0.3, 0.4) is 0 Å². The molecule has 1 saturated heterocycles. The van der Waals surface area contributed by atoms with Crippen molar-refractivity contribution in [3.63, 3.8) is 0 Å². The largest absolute Gasteiger partial charge is 0.462 e. The summed E-state index contributed by atoms with van der Waals surface area (Å²) < 4.78 is 66.2. The standard InChI is InChI=1S/C22H29F2N4O8P/c1-13(2)34-17(29)14(3)27-37(32,36-15-8-6-5-7-9-15)33-12-22(24)18(30)21(4,23)19(35-22)28-11-10-16(25)26-20(28)31/h5-11,13-14,18-19,30H,12H2,1-4H3,(H,27,32)(H2,25,26,31)/t14-,18-,19?,21+,22+,37-/m0/s1. The highest BCUT2D eigenvalue weighted by molar-refractivity contribution is 7.52. The molecule has 1 aromatic carbocycles. The Balaban J connectivity index is 1.85. The quantitative estimate of drug-likeness (QED) is 0.296. The number of aliphatic hydroxyl groups excluding tert-OH is 1. The topological polar surface area (TPSA) is 164 Å². The molecule has 37 heavy (non-hydrogen) atoms. The summed E-state index contributed by atoms with van der Waals surface area (Å²) in [5.74, 6) is -4.22.